The van der Waals surface area contributed by atoms with Crippen molar-refractivity contribution in [1.29, 1.82) is 0 Å². The largest absolute Gasteiger partial charge is 0.427 e. The molecule has 0 aliphatic rings. The van der Waals surface area contributed by atoms with E-state index in [1.807, 2.05) is 20.8 Å². The molecule has 0 saturated carbocycles. The van der Waals surface area contributed by atoms with E-state index in [0.717, 1.165) is 0 Å². The summed E-state index contributed by atoms with van der Waals surface area (Å²) in [6.07, 6.45) is 0. The molecular weight excluding hydrogens is 278 g/mol. The van der Waals surface area contributed by atoms with E-state index in [1.165, 1.54) is 12.1 Å². The van der Waals surface area contributed by atoms with E-state index >= 15 is 0 Å². The van der Waals surface area contributed by atoms with Gasteiger partial charge in [-0.05, 0) is 23.6 Å². The molecule has 1 rings (SSSR count). The lowest BCUT2D eigenvalue weighted by atomic mass is 9.86. The lowest BCUT2D eigenvalue weighted by Crippen LogP contribution is -2.12. The molecule has 0 aromatic heterocycles. The van der Waals surface area contributed by atoms with Crippen molar-refractivity contribution >= 4 is 17.2 Å². The Morgan fingerprint density at radius 2 is 1.50 bits per heavy atom. The van der Waals surface area contributed by atoms with Crippen LogP contribution in [-0.4, -0.2) is 19.6 Å². The standard InChI is InChI=1S/C10H16O6P2/c1-10(2,3)8-6-7(15-17(11)12)4-5-9(8)16-18(13)14/h4-6,11-14H,1-3H3. The van der Waals surface area contributed by atoms with Crippen LogP contribution in [0.25, 0.3) is 0 Å². The fourth-order valence-electron chi connectivity index (χ4n) is 1.41. The van der Waals surface area contributed by atoms with Crippen molar-refractivity contribution in [3.63, 3.8) is 0 Å². The van der Waals surface area contributed by atoms with Gasteiger partial charge in [-0.1, -0.05) is 20.8 Å². The number of hydrogen-bond acceptors (Lipinski definition) is 6. The van der Waals surface area contributed by atoms with E-state index in [9.17, 15) is 0 Å². The van der Waals surface area contributed by atoms with Gasteiger partial charge in [0, 0.05) is 5.56 Å². The molecule has 0 unspecified atom stereocenters. The molecule has 0 bridgehead atoms. The molecule has 0 atom stereocenters. The summed E-state index contributed by atoms with van der Waals surface area (Å²) in [5.41, 5.74) is 0.348. The maximum atomic E-state index is 8.90. The van der Waals surface area contributed by atoms with Crippen molar-refractivity contribution in [1.82, 2.24) is 0 Å². The molecule has 0 fully saturated rings. The monoisotopic (exact) mass is 294 g/mol. The van der Waals surface area contributed by atoms with Crippen molar-refractivity contribution in [2.24, 2.45) is 0 Å². The summed E-state index contributed by atoms with van der Waals surface area (Å²) >= 11 is 0. The van der Waals surface area contributed by atoms with Gasteiger partial charge in [0.15, 0.2) is 0 Å². The van der Waals surface area contributed by atoms with E-state index in [0.29, 0.717) is 11.3 Å². The molecule has 1 aromatic carbocycles. The highest BCUT2D eigenvalue weighted by atomic mass is 31.2. The average Bonchev–Trinajstić information content (AvgIpc) is 2.17. The van der Waals surface area contributed by atoms with Crippen molar-refractivity contribution in [2.75, 3.05) is 0 Å². The Hall–Kier alpha value is -0.480. The van der Waals surface area contributed by atoms with Gasteiger partial charge in [0.05, 0.1) is 0 Å². The van der Waals surface area contributed by atoms with Crippen LogP contribution in [0.5, 0.6) is 11.5 Å². The van der Waals surface area contributed by atoms with E-state index in [-0.39, 0.29) is 11.2 Å². The molecular formula is C10H16O6P2. The van der Waals surface area contributed by atoms with Crippen LogP contribution in [-0.2, 0) is 5.41 Å². The second-order valence-corrected chi connectivity index (χ2v) is 5.97. The molecule has 0 aliphatic carbocycles. The van der Waals surface area contributed by atoms with Gasteiger partial charge in [-0.25, -0.2) is 0 Å². The zero-order chi connectivity index (χ0) is 13.9. The lowest BCUT2D eigenvalue weighted by Gasteiger charge is -2.23. The van der Waals surface area contributed by atoms with Crippen LogP contribution in [0.3, 0.4) is 0 Å². The average molecular weight is 294 g/mol. The van der Waals surface area contributed by atoms with Crippen LogP contribution in [0, 0.1) is 0 Å². The van der Waals surface area contributed by atoms with Crippen LogP contribution in [0.4, 0.5) is 0 Å². The van der Waals surface area contributed by atoms with Gasteiger partial charge in [0.2, 0.25) is 0 Å². The van der Waals surface area contributed by atoms with Crippen LogP contribution < -0.4 is 9.05 Å². The van der Waals surface area contributed by atoms with Gasteiger partial charge in [-0.3, -0.25) is 0 Å². The van der Waals surface area contributed by atoms with Gasteiger partial charge in [0.1, 0.15) is 11.5 Å². The van der Waals surface area contributed by atoms with Gasteiger partial charge < -0.3 is 28.6 Å². The zero-order valence-corrected chi connectivity index (χ0v) is 12.0. The second-order valence-electron chi connectivity index (χ2n) is 4.60. The van der Waals surface area contributed by atoms with Crippen LogP contribution >= 0.6 is 17.2 Å². The summed E-state index contributed by atoms with van der Waals surface area (Å²) in [5, 5.41) is 0. The minimum Gasteiger partial charge on any atom is -0.427 e. The quantitative estimate of drug-likeness (QED) is 0.635. The summed E-state index contributed by atoms with van der Waals surface area (Å²) in [6.45, 7) is 5.74. The van der Waals surface area contributed by atoms with Crippen LogP contribution in [0.1, 0.15) is 26.3 Å². The summed E-state index contributed by atoms with van der Waals surface area (Å²) in [4.78, 5) is 35.4. The molecule has 102 valence electrons. The Kier molecular flexibility index (Phi) is 5.29. The van der Waals surface area contributed by atoms with E-state index in [2.05, 4.69) is 0 Å². The van der Waals surface area contributed by atoms with Crippen LogP contribution in [0.2, 0.25) is 0 Å². The molecule has 6 nitrogen and oxygen atoms in total. The number of hydrogen-bond donors (Lipinski definition) is 4. The SMILES string of the molecule is CC(C)(C)c1cc(OP(O)O)ccc1OP(O)O. The topological polar surface area (TPSA) is 99.4 Å². The third kappa shape index (κ3) is 4.65. The molecule has 0 aliphatic heterocycles. The molecule has 0 amide bonds. The van der Waals surface area contributed by atoms with Crippen molar-refractivity contribution in [3.05, 3.63) is 23.8 Å². The fourth-order valence-corrected chi connectivity index (χ4v) is 2.05. The minimum atomic E-state index is -2.50. The summed E-state index contributed by atoms with van der Waals surface area (Å²) < 4.78 is 9.74. The molecule has 0 spiro atoms. The summed E-state index contributed by atoms with van der Waals surface area (Å²) in [7, 11) is -4.99. The van der Waals surface area contributed by atoms with Gasteiger partial charge in [-0.2, -0.15) is 0 Å². The Labute approximate surface area is 108 Å². The molecule has 18 heavy (non-hydrogen) atoms. The third-order valence-corrected chi connectivity index (χ3v) is 2.86. The fraction of sp³-hybridized carbons (Fsp3) is 0.400. The molecule has 8 heteroatoms. The third-order valence-electron chi connectivity index (χ3n) is 2.13. The van der Waals surface area contributed by atoms with Gasteiger partial charge >= 0.3 is 17.2 Å². The Bertz CT molecular complexity index is 402. The Balaban J connectivity index is 3.12. The second kappa shape index (κ2) is 6.11. The molecule has 1 aromatic rings. The lowest BCUT2D eigenvalue weighted by molar-refractivity contribution is 0.364. The summed E-state index contributed by atoms with van der Waals surface area (Å²) in [5.74, 6) is 0.606. The Morgan fingerprint density at radius 1 is 0.944 bits per heavy atom. The van der Waals surface area contributed by atoms with E-state index in [1.54, 1.807) is 6.07 Å². The van der Waals surface area contributed by atoms with E-state index < -0.39 is 17.2 Å². The predicted molar refractivity (Wildman–Crippen MR) is 69.1 cm³/mol. The predicted octanol–water partition coefficient (Wildman–Crippen LogP) is 2.16. The molecule has 4 N–H and O–H groups in total. The number of benzene rings is 1. The van der Waals surface area contributed by atoms with Crippen molar-refractivity contribution < 1.29 is 28.6 Å². The zero-order valence-electron chi connectivity index (χ0n) is 10.2. The first kappa shape index (κ1) is 15.6. The molecule has 0 heterocycles. The maximum absolute atomic E-state index is 8.90. The smallest absolute Gasteiger partial charge is 0.391 e. The van der Waals surface area contributed by atoms with Crippen molar-refractivity contribution in [3.8, 4) is 11.5 Å². The molecule has 0 radical (unpaired) electrons. The Morgan fingerprint density at radius 3 is 1.94 bits per heavy atom. The highest BCUT2D eigenvalue weighted by Crippen LogP contribution is 2.41. The maximum Gasteiger partial charge on any atom is 0.391 e. The first-order valence-corrected chi connectivity index (χ1v) is 7.39. The number of rotatable bonds is 4. The highest BCUT2D eigenvalue weighted by molar-refractivity contribution is 7.40. The molecule has 0 saturated heterocycles. The first-order valence-electron chi connectivity index (χ1n) is 5.06. The minimum absolute atomic E-state index is 0.281. The highest BCUT2D eigenvalue weighted by Gasteiger charge is 2.22. The van der Waals surface area contributed by atoms with Crippen LogP contribution in [0.15, 0.2) is 18.2 Å². The summed E-state index contributed by atoms with van der Waals surface area (Å²) in [6, 6.07) is 4.54. The van der Waals surface area contributed by atoms with E-state index in [4.69, 9.17) is 28.6 Å². The first-order chi connectivity index (χ1) is 8.20. The van der Waals surface area contributed by atoms with Gasteiger partial charge in [0.25, 0.3) is 0 Å². The van der Waals surface area contributed by atoms with Crippen molar-refractivity contribution in [2.45, 2.75) is 26.2 Å². The normalized spacial score (nSPS) is 12.1. The van der Waals surface area contributed by atoms with Gasteiger partial charge in [-0.15, -0.1) is 0 Å².